The Morgan fingerprint density at radius 2 is 1.55 bits per heavy atom. The molecule has 0 bridgehead atoms. The van der Waals surface area contributed by atoms with E-state index in [2.05, 4.69) is 4.90 Å². The maximum atomic E-state index is 13.5. The standard InChI is InChI=1S/C28H28FNO3/c29-24-15-13-21(14-16-24)26(31)12-7-18-30-19-17-28(33,23-10-5-2-6-11-23)25(20-30)27(32)22-8-3-1-4-9-22/h1-6,8-11,13-16,25,33H,7,12,17-20H2/t25-,28+/m1/s1. The number of carbonyl (C=O) groups is 2. The third-order valence-electron chi connectivity index (χ3n) is 6.52. The number of halogens is 1. The molecule has 0 aromatic heterocycles. The predicted octanol–water partition coefficient (Wildman–Crippen LogP) is 4.88. The summed E-state index contributed by atoms with van der Waals surface area (Å²) in [5.41, 5.74) is 0.607. The molecule has 0 saturated carbocycles. The van der Waals surface area contributed by atoms with Gasteiger partial charge in [-0.3, -0.25) is 9.59 Å². The normalized spacial score (nSPS) is 21.0. The zero-order valence-electron chi connectivity index (χ0n) is 18.5. The Morgan fingerprint density at radius 1 is 0.909 bits per heavy atom. The van der Waals surface area contributed by atoms with Gasteiger partial charge in [-0.2, -0.15) is 0 Å². The van der Waals surface area contributed by atoms with Crippen LogP contribution < -0.4 is 0 Å². The second-order valence-corrected chi connectivity index (χ2v) is 8.66. The summed E-state index contributed by atoms with van der Waals surface area (Å²) < 4.78 is 13.1. The molecule has 4 nitrogen and oxygen atoms in total. The van der Waals surface area contributed by atoms with Gasteiger partial charge in [0.1, 0.15) is 11.4 Å². The fourth-order valence-electron chi connectivity index (χ4n) is 4.63. The highest BCUT2D eigenvalue weighted by Gasteiger charge is 2.46. The van der Waals surface area contributed by atoms with E-state index in [1.165, 1.54) is 24.3 Å². The molecule has 0 aliphatic carbocycles. The number of rotatable bonds is 8. The summed E-state index contributed by atoms with van der Waals surface area (Å²) >= 11 is 0. The fourth-order valence-corrected chi connectivity index (χ4v) is 4.63. The molecule has 3 aromatic rings. The Kier molecular flexibility index (Phi) is 7.11. The first-order valence-electron chi connectivity index (χ1n) is 11.4. The second-order valence-electron chi connectivity index (χ2n) is 8.66. The lowest BCUT2D eigenvalue weighted by molar-refractivity contribution is -0.0642. The average Bonchev–Trinajstić information content (AvgIpc) is 2.86. The fraction of sp³-hybridized carbons (Fsp3) is 0.286. The topological polar surface area (TPSA) is 57.6 Å². The van der Waals surface area contributed by atoms with Gasteiger partial charge in [-0.25, -0.2) is 4.39 Å². The lowest BCUT2D eigenvalue weighted by atomic mass is 9.72. The number of ketones is 2. The Balaban J connectivity index is 1.46. The number of hydrogen-bond acceptors (Lipinski definition) is 4. The highest BCUT2D eigenvalue weighted by Crippen LogP contribution is 2.39. The Bertz CT molecular complexity index is 1090. The van der Waals surface area contributed by atoms with E-state index in [4.69, 9.17) is 0 Å². The molecule has 1 N–H and O–H groups in total. The summed E-state index contributed by atoms with van der Waals surface area (Å²) in [6, 6.07) is 24.1. The van der Waals surface area contributed by atoms with Gasteiger partial charge >= 0.3 is 0 Å². The van der Waals surface area contributed by atoms with Crippen molar-refractivity contribution in [2.24, 2.45) is 5.92 Å². The molecular weight excluding hydrogens is 417 g/mol. The van der Waals surface area contributed by atoms with Crippen LogP contribution in [0, 0.1) is 11.7 Å². The van der Waals surface area contributed by atoms with Gasteiger partial charge < -0.3 is 10.0 Å². The molecule has 0 spiro atoms. The van der Waals surface area contributed by atoms with Crippen LogP contribution in [0.5, 0.6) is 0 Å². The van der Waals surface area contributed by atoms with Crippen LogP contribution in [0.4, 0.5) is 4.39 Å². The minimum Gasteiger partial charge on any atom is -0.384 e. The van der Waals surface area contributed by atoms with Gasteiger partial charge in [0.05, 0.1) is 5.92 Å². The third-order valence-corrected chi connectivity index (χ3v) is 6.52. The van der Waals surface area contributed by atoms with Crippen LogP contribution in [0.15, 0.2) is 84.9 Å². The molecule has 1 fully saturated rings. The van der Waals surface area contributed by atoms with Gasteiger partial charge in [-0.15, -0.1) is 0 Å². The summed E-state index contributed by atoms with van der Waals surface area (Å²) in [5, 5.41) is 11.7. The highest BCUT2D eigenvalue weighted by molar-refractivity contribution is 5.99. The molecule has 1 aliphatic heterocycles. The number of likely N-dealkylation sites (tertiary alicyclic amines) is 1. The molecule has 3 aromatic carbocycles. The van der Waals surface area contributed by atoms with E-state index in [-0.39, 0.29) is 17.4 Å². The number of Topliss-reactive ketones (excluding diaryl/α,β-unsaturated/α-hetero) is 2. The zero-order chi connectivity index (χ0) is 23.3. The van der Waals surface area contributed by atoms with Crippen molar-refractivity contribution in [1.82, 2.24) is 4.90 Å². The van der Waals surface area contributed by atoms with E-state index in [0.717, 1.165) is 5.56 Å². The Hall–Kier alpha value is -3.15. The Morgan fingerprint density at radius 3 is 2.21 bits per heavy atom. The molecule has 2 atom stereocenters. The van der Waals surface area contributed by atoms with Crippen molar-refractivity contribution in [3.05, 3.63) is 107 Å². The maximum Gasteiger partial charge on any atom is 0.170 e. The smallest absolute Gasteiger partial charge is 0.170 e. The zero-order valence-corrected chi connectivity index (χ0v) is 18.5. The molecule has 0 radical (unpaired) electrons. The van der Waals surface area contributed by atoms with Crippen LogP contribution in [0.2, 0.25) is 0 Å². The number of benzene rings is 3. The number of nitrogens with zero attached hydrogens (tertiary/aromatic N) is 1. The largest absolute Gasteiger partial charge is 0.384 e. The highest BCUT2D eigenvalue weighted by atomic mass is 19.1. The van der Waals surface area contributed by atoms with E-state index < -0.39 is 11.5 Å². The summed E-state index contributed by atoms with van der Waals surface area (Å²) in [6.45, 7) is 1.70. The Labute approximate surface area is 193 Å². The van der Waals surface area contributed by atoms with Crippen LogP contribution in [-0.4, -0.2) is 41.2 Å². The van der Waals surface area contributed by atoms with E-state index in [1.807, 2.05) is 48.5 Å². The van der Waals surface area contributed by atoms with Crippen molar-refractivity contribution in [1.29, 1.82) is 0 Å². The van der Waals surface area contributed by atoms with Crippen molar-refractivity contribution in [2.75, 3.05) is 19.6 Å². The van der Waals surface area contributed by atoms with E-state index in [0.29, 0.717) is 50.0 Å². The molecule has 5 heteroatoms. The van der Waals surface area contributed by atoms with E-state index in [9.17, 15) is 19.1 Å². The first-order valence-corrected chi connectivity index (χ1v) is 11.4. The van der Waals surface area contributed by atoms with Crippen LogP contribution in [0.1, 0.15) is 45.5 Å². The maximum absolute atomic E-state index is 13.5. The van der Waals surface area contributed by atoms with Gasteiger partial charge in [0, 0.05) is 30.6 Å². The molecule has 1 aliphatic rings. The third kappa shape index (κ3) is 5.27. The molecule has 1 saturated heterocycles. The molecule has 0 unspecified atom stereocenters. The lowest BCUT2D eigenvalue weighted by Gasteiger charge is -2.44. The number of carbonyl (C=O) groups excluding carboxylic acids is 2. The summed E-state index contributed by atoms with van der Waals surface area (Å²) in [6.07, 6.45) is 1.42. The average molecular weight is 446 g/mol. The summed E-state index contributed by atoms with van der Waals surface area (Å²) in [4.78, 5) is 28.0. The van der Waals surface area contributed by atoms with Crippen molar-refractivity contribution >= 4 is 11.6 Å². The first kappa shape index (κ1) is 23.0. The molecular formula is C28H28FNO3. The van der Waals surface area contributed by atoms with E-state index >= 15 is 0 Å². The van der Waals surface area contributed by atoms with Crippen molar-refractivity contribution in [3.8, 4) is 0 Å². The minimum atomic E-state index is -1.24. The first-order chi connectivity index (χ1) is 16.0. The minimum absolute atomic E-state index is 0.0234. The molecule has 33 heavy (non-hydrogen) atoms. The van der Waals surface area contributed by atoms with Gasteiger partial charge in [0.25, 0.3) is 0 Å². The van der Waals surface area contributed by atoms with Gasteiger partial charge in [0.2, 0.25) is 0 Å². The lowest BCUT2D eigenvalue weighted by Crippen LogP contribution is -2.53. The monoisotopic (exact) mass is 445 g/mol. The molecule has 0 amide bonds. The van der Waals surface area contributed by atoms with Gasteiger partial charge in [-0.05, 0) is 49.2 Å². The van der Waals surface area contributed by atoms with Crippen molar-refractivity contribution in [3.63, 3.8) is 0 Å². The quantitative estimate of drug-likeness (QED) is 0.502. The van der Waals surface area contributed by atoms with Gasteiger partial charge in [-0.1, -0.05) is 60.7 Å². The molecule has 4 rings (SSSR count). The predicted molar refractivity (Wildman–Crippen MR) is 126 cm³/mol. The van der Waals surface area contributed by atoms with Gasteiger partial charge in [0.15, 0.2) is 11.6 Å². The second kappa shape index (κ2) is 10.2. The van der Waals surface area contributed by atoms with Crippen LogP contribution in [0.25, 0.3) is 0 Å². The number of hydrogen-bond donors (Lipinski definition) is 1. The van der Waals surface area contributed by atoms with Crippen LogP contribution in [0.3, 0.4) is 0 Å². The van der Waals surface area contributed by atoms with Crippen LogP contribution in [-0.2, 0) is 5.60 Å². The number of piperidine rings is 1. The molecule has 170 valence electrons. The van der Waals surface area contributed by atoms with Crippen molar-refractivity contribution in [2.45, 2.75) is 24.9 Å². The SMILES string of the molecule is O=C(CCCN1CC[C@](O)(c2ccccc2)[C@@H](C(=O)c2ccccc2)C1)c1ccc(F)cc1. The van der Waals surface area contributed by atoms with Crippen molar-refractivity contribution < 1.29 is 19.1 Å². The molecule has 1 heterocycles. The summed E-state index contributed by atoms with van der Waals surface area (Å²) in [5.74, 6) is -1.07. The number of aliphatic hydroxyl groups is 1. The van der Waals surface area contributed by atoms with E-state index in [1.54, 1.807) is 12.1 Å². The summed E-state index contributed by atoms with van der Waals surface area (Å²) in [7, 11) is 0. The van der Waals surface area contributed by atoms with Crippen LogP contribution >= 0.6 is 0 Å².